The molecule has 0 aliphatic rings. The highest BCUT2D eigenvalue weighted by Gasteiger charge is 2.13. The molecule has 0 aliphatic carbocycles. The van der Waals surface area contributed by atoms with Crippen molar-refractivity contribution in [3.63, 3.8) is 0 Å². The van der Waals surface area contributed by atoms with E-state index in [1.54, 1.807) is 0 Å². The van der Waals surface area contributed by atoms with Crippen LogP contribution in [0.3, 0.4) is 0 Å². The number of hydrogen-bond donors (Lipinski definition) is 0. The molecule has 2 heteroatoms. The fraction of sp³-hybridized carbons (Fsp3) is 0.538. The molecule has 0 aromatic heterocycles. The van der Waals surface area contributed by atoms with Crippen molar-refractivity contribution in [2.24, 2.45) is 5.92 Å². The van der Waals surface area contributed by atoms with Crippen LogP contribution in [0.2, 0.25) is 0 Å². The third kappa shape index (κ3) is 3.21. The summed E-state index contributed by atoms with van der Waals surface area (Å²) >= 11 is 0. The fourth-order valence-electron chi connectivity index (χ4n) is 1.52. The molecule has 1 rings (SSSR count). The molecule has 0 radical (unpaired) electrons. The average molecular weight is 224 g/mol. The molecule has 84 valence electrons. The van der Waals surface area contributed by atoms with Crippen molar-refractivity contribution >= 4 is 12.4 Å². The molecule has 0 aliphatic heterocycles. The van der Waals surface area contributed by atoms with E-state index < -0.39 is 7.14 Å². The van der Waals surface area contributed by atoms with Crippen LogP contribution in [0.5, 0.6) is 0 Å². The molecule has 0 bridgehead atoms. The Balaban J connectivity index is 2.96. The maximum Gasteiger partial charge on any atom is 0.109 e. The maximum absolute atomic E-state index is 11.8. The minimum atomic E-state index is -2.09. The first-order chi connectivity index (χ1) is 6.82. The van der Waals surface area contributed by atoms with Crippen LogP contribution in [0.1, 0.15) is 32.3 Å². The predicted molar refractivity (Wildman–Crippen MR) is 68.8 cm³/mol. The number of hydrogen-bond acceptors (Lipinski definition) is 1. The second-order valence-electron chi connectivity index (χ2n) is 4.98. The maximum atomic E-state index is 11.8. The van der Waals surface area contributed by atoms with Crippen molar-refractivity contribution < 1.29 is 4.57 Å². The van der Waals surface area contributed by atoms with Gasteiger partial charge >= 0.3 is 0 Å². The van der Waals surface area contributed by atoms with Gasteiger partial charge in [0.2, 0.25) is 0 Å². The molecule has 0 saturated carbocycles. The SMILES string of the molecule is CC(C)C(C)c1ccc(P(C)(C)=O)cc1. The Morgan fingerprint density at radius 1 is 1.00 bits per heavy atom. The highest BCUT2D eigenvalue weighted by Crippen LogP contribution is 2.35. The van der Waals surface area contributed by atoms with Crippen molar-refractivity contribution in [1.82, 2.24) is 0 Å². The van der Waals surface area contributed by atoms with Gasteiger partial charge < -0.3 is 4.57 Å². The van der Waals surface area contributed by atoms with Crippen LogP contribution < -0.4 is 5.30 Å². The molecule has 0 heterocycles. The molecule has 0 saturated heterocycles. The zero-order chi connectivity index (χ0) is 11.6. The van der Waals surface area contributed by atoms with Crippen molar-refractivity contribution in [1.29, 1.82) is 0 Å². The molecule has 0 spiro atoms. The van der Waals surface area contributed by atoms with Gasteiger partial charge in [0, 0.05) is 5.30 Å². The van der Waals surface area contributed by atoms with Crippen LogP contribution in [0, 0.1) is 5.92 Å². The molecule has 1 unspecified atom stereocenters. The van der Waals surface area contributed by atoms with E-state index in [1.165, 1.54) is 5.56 Å². The highest BCUT2D eigenvalue weighted by atomic mass is 31.2. The van der Waals surface area contributed by atoms with E-state index in [-0.39, 0.29) is 0 Å². The first-order valence-corrected chi connectivity index (χ1v) is 8.08. The Labute approximate surface area is 93.3 Å². The van der Waals surface area contributed by atoms with Gasteiger partial charge in [0.05, 0.1) is 0 Å². The average Bonchev–Trinajstić information content (AvgIpc) is 2.15. The van der Waals surface area contributed by atoms with E-state index in [0.717, 1.165) is 5.30 Å². The lowest BCUT2D eigenvalue weighted by Gasteiger charge is -2.16. The second-order valence-corrected chi connectivity index (χ2v) is 8.19. The van der Waals surface area contributed by atoms with Crippen molar-refractivity contribution in [3.8, 4) is 0 Å². The summed E-state index contributed by atoms with van der Waals surface area (Å²) < 4.78 is 11.8. The van der Waals surface area contributed by atoms with Crippen molar-refractivity contribution in [2.45, 2.75) is 26.7 Å². The summed E-state index contributed by atoms with van der Waals surface area (Å²) in [4.78, 5) is 0. The van der Waals surface area contributed by atoms with E-state index in [1.807, 2.05) is 25.5 Å². The smallest absolute Gasteiger partial charge is 0.109 e. The van der Waals surface area contributed by atoms with Gasteiger partial charge in [0.15, 0.2) is 0 Å². The van der Waals surface area contributed by atoms with Gasteiger partial charge in [-0.25, -0.2) is 0 Å². The largest absolute Gasteiger partial charge is 0.319 e. The summed E-state index contributed by atoms with van der Waals surface area (Å²) in [5, 5.41) is 0.974. The van der Waals surface area contributed by atoms with Gasteiger partial charge in [0.1, 0.15) is 7.14 Å². The molecule has 0 fully saturated rings. The van der Waals surface area contributed by atoms with Gasteiger partial charge in [-0.15, -0.1) is 0 Å². The molecule has 0 N–H and O–H groups in total. The lowest BCUT2D eigenvalue weighted by molar-refractivity contribution is 0.535. The van der Waals surface area contributed by atoms with Crippen LogP contribution in [-0.2, 0) is 4.57 Å². The standard InChI is InChI=1S/C13H21OP/c1-10(2)11(3)12-6-8-13(9-7-12)15(4,5)14/h6-11H,1-5H3. The van der Waals surface area contributed by atoms with E-state index >= 15 is 0 Å². The summed E-state index contributed by atoms with van der Waals surface area (Å²) in [5.41, 5.74) is 1.34. The van der Waals surface area contributed by atoms with Crippen molar-refractivity contribution in [3.05, 3.63) is 29.8 Å². The lowest BCUT2D eigenvalue weighted by atomic mass is 9.90. The summed E-state index contributed by atoms with van der Waals surface area (Å²) in [7, 11) is -2.09. The molecule has 1 atom stereocenters. The number of rotatable bonds is 3. The first kappa shape index (κ1) is 12.5. The zero-order valence-corrected chi connectivity index (χ0v) is 11.2. The molecular weight excluding hydrogens is 203 g/mol. The summed E-state index contributed by atoms with van der Waals surface area (Å²) in [5.74, 6) is 1.21. The van der Waals surface area contributed by atoms with Gasteiger partial charge in [-0.2, -0.15) is 0 Å². The molecule has 1 nitrogen and oxygen atoms in total. The van der Waals surface area contributed by atoms with Gasteiger partial charge in [-0.1, -0.05) is 45.0 Å². The Hall–Kier alpha value is -0.550. The van der Waals surface area contributed by atoms with Crippen LogP contribution in [0.25, 0.3) is 0 Å². The fourth-order valence-corrected chi connectivity index (χ4v) is 2.39. The van der Waals surface area contributed by atoms with Gasteiger partial charge in [0.25, 0.3) is 0 Å². The predicted octanol–water partition coefficient (Wildman–Crippen LogP) is 3.69. The van der Waals surface area contributed by atoms with Crippen LogP contribution in [-0.4, -0.2) is 13.3 Å². The molecule has 0 amide bonds. The van der Waals surface area contributed by atoms with Crippen LogP contribution in [0.4, 0.5) is 0 Å². The van der Waals surface area contributed by atoms with Gasteiger partial charge in [-0.05, 0) is 30.7 Å². The van der Waals surface area contributed by atoms with E-state index in [0.29, 0.717) is 11.8 Å². The summed E-state index contributed by atoms with van der Waals surface area (Å²) in [6, 6.07) is 8.24. The Kier molecular flexibility index (Phi) is 3.78. The highest BCUT2D eigenvalue weighted by molar-refractivity contribution is 7.70. The normalized spacial score (nSPS) is 14.3. The molecule has 1 aromatic carbocycles. The molecule has 1 aromatic rings. The van der Waals surface area contributed by atoms with Crippen molar-refractivity contribution in [2.75, 3.05) is 13.3 Å². The first-order valence-electron chi connectivity index (χ1n) is 5.48. The monoisotopic (exact) mass is 224 g/mol. The van der Waals surface area contributed by atoms with E-state index in [2.05, 4.69) is 32.9 Å². The summed E-state index contributed by atoms with van der Waals surface area (Å²) in [6.45, 7) is 10.3. The Morgan fingerprint density at radius 2 is 1.47 bits per heavy atom. The van der Waals surface area contributed by atoms with E-state index in [4.69, 9.17) is 0 Å². The Morgan fingerprint density at radius 3 is 1.80 bits per heavy atom. The zero-order valence-electron chi connectivity index (χ0n) is 10.3. The van der Waals surface area contributed by atoms with Gasteiger partial charge in [-0.3, -0.25) is 0 Å². The molecular formula is C13H21OP. The Bertz CT molecular complexity index is 359. The third-order valence-electron chi connectivity index (χ3n) is 3.04. The van der Waals surface area contributed by atoms with Crippen LogP contribution >= 0.6 is 7.14 Å². The third-order valence-corrected chi connectivity index (χ3v) is 4.58. The second kappa shape index (κ2) is 4.53. The number of benzene rings is 1. The lowest BCUT2D eigenvalue weighted by Crippen LogP contribution is -2.06. The quantitative estimate of drug-likeness (QED) is 0.715. The topological polar surface area (TPSA) is 17.1 Å². The van der Waals surface area contributed by atoms with E-state index in [9.17, 15) is 4.57 Å². The minimum absolute atomic E-state index is 0.562. The van der Waals surface area contributed by atoms with Crippen LogP contribution in [0.15, 0.2) is 24.3 Å². The summed E-state index contributed by atoms with van der Waals surface area (Å²) in [6.07, 6.45) is 0. The minimum Gasteiger partial charge on any atom is -0.319 e. The molecule has 15 heavy (non-hydrogen) atoms.